The lowest BCUT2D eigenvalue weighted by Gasteiger charge is -2.18. The number of allylic oxidation sites excluding steroid dienone is 1. The highest BCUT2D eigenvalue weighted by Crippen LogP contribution is 2.39. The first-order valence-electron chi connectivity index (χ1n) is 9.12. The third-order valence-electron chi connectivity index (χ3n) is 4.77. The van der Waals surface area contributed by atoms with E-state index in [4.69, 9.17) is 31.1 Å². The van der Waals surface area contributed by atoms with Gasteiger partial charge in [-0.15, -0.1) is 6.58 Å². The number of amidine groups is 1. The van der Waals surface area contributed by atoms with Gasteiger partial charge in [-0.2, -0.15) is 0 Å². The van der Waals surface area contributed by atoms with Crippen molar-refractivity contribution in [2.24, 2.45) is 9.98 Å². The van der Waals surface area contributed by atoms with Crippen LogP contribution in [0.4, 0.5) is 5.69 Å². The molecule has 148 valence electrons. The van der Waals surface area contributed by atoms with Gasteiger partial charge in [0.2, 0.25) is 0 Å². The van der Waals surface area contributed by atoms with Gasteiger partial charge in [0, 0.05) is 22.2 Å². The number of hydrogen-bond donors (Lipinski definition) is 1. The second-order valence-electron chi connectivity index (χ2n) is 6.58. The topological polar surface area (TPSA) is 58.5 Å². The summed E-state index contributed by atoms with van der Waals surface area (Å²) < 4.78 is 11.0. The molecule has 7 heteroatoms. The van der Waals surface area contributed by atoms with E-state index in [1.165, 1.54) is 0 Å². The molecule has 0 aliphatic carbocycles. The molecule has 0 spiro atoms. The highest BCUT2D eigenvalue weighted by Gasteiger charge is 2.30. The molecule has 0 amide bonds. The van der Waals surface area contributed by atoms with Gasteiger partial charge in [-0.1, -0.05) is 35.9 Å². The van der Waals surface area contributed by atoms with Crippen LogP contribution in [-0.4, -0.2) is 37.3 Å². The Morgan fingerprint density at radius 3 is 2.52 bits per heavy atom. The predicted octanol–water partition coefficient (Wildman–Crippen LogP) is 4.48. The molecule has 0 bridgehead atoms. The summed E-state index contributed by atoms with van der Waals surface area (Å²) in [5.41, 5.74) is 8.05. The Kier molecular flexibility index (Phi) is 5.03. The largest absolute Gasteiger partial charge is 0.493 e. The summed E-state index contributed by atoms with van der Waals surface area (Å²) in [7, 11) is 3.21. The first kappa shape index (κ1) is 19.1. The normalized spacial score (nSPS) is 15.0. The van der Waals surface area contributed by atoms with Crippen LogP contribution in [0.5, 0.6) is 11.5 Å². The van der Waals surface area contributed by atoms with Crippen molar-refractivity contribution in [1.29, 1.82) is 0 Å². The first-order chi connectivity index (χ1) is 14.1. The van der Waals surface area contributed by atoms with Gasteiger partial charge >= 0.3 is 0 Å². The molecule has 0 unspecified atom stereocenters. The number of rotatable bonds is 5. The molecular formula is C22H21ClN4O2. The Morgan fingerprint density at radius 1 is 1.10 bits per heavy atom. The molecule has 1 N–H and O–H groups in total. The molecule has 2 aliphatic heterocycles. The zero-order valence-corrected chi connectivity index (χ0v) is 17.2. The average Bonchev–Trinajstić information content (AvgIpc) is 2.91. The fourth-order valence-electron chi connectivity index (χ4n) is 3.41. The zero-order chi connectivity index (χ0) is 20.5. The molecule has 0 saturated heterocycles. The Balaban J connectivity index is 2.02. The minimum atomic E-state index is 0.583. The molecule has 29 heavy (non-hydrogen) atoms. The molecule has 4 rings (SSSR count). The van der Waals surface area contributed by atoms with Gasteiger partial charge in [0.05, 0.1) is 37.9 Å². The van der Waals surface area contributed by atoms with Crippen molar-refractivity contribution in [2.75, 3.05) is 20.8 Å². The number of hydrogen-bond acceptors (Lipinski definition) is 6. The van der Waals surface area contributed by atoms with Crippen LogP contribution in [-0.2, 0) is 0 Å². The molecule has 0 radical (unpaired) electrons. The SMILES string of the molecule is C=CCN1NC(C)=C2N=C(c3ccccc3Cl)c3cc(OC)c(OC)cc3N=C21. The van der Waals surface area contributed by atoms with Crippen LogP contribution < -0.4 is 14.9 Å². The lowest BCUT2D eigenvalue weighted by atomic mass is 10.00. The molecule has 0 saturated carbocycles. The number of benzene rings is 2. The molecule has 2 aromatic rings. The van der Waals surface area contributed by atoms with Gasteiger partial charge in [0.1, 0.15) is 5.70 Å². The van der Waals surface area contributed by atoms with Crippen LogP contribution in [0.3, 0.4) is 0 Å². The predicted molar refractivity (Wildman–Crippen MR) is 116 cm³/mol. The summed E-state index contributed by atoms with van der Waals surface area (Å²) in [5.74, 6) is 1.92. The fraction of sp³-hybridized carbons (Fsp3) is 0.182. The van der Waals surface area contributed by atoms with Crippen LogP contribution in [0.15, 0.2) is 70.4 Å². The van der Waals surface area contributed by atoms with Crippen LogP contribution in [0.1, 0.15) is 18.1 Å². The van der Waals surface area contributed by atoms with Crippen molar-refractivity contribution in [3.8, 4) is 11.5 Å². The number of halogens is 1. The van der Waals surface area contributed by atoms with E-state index in [9.17, 15) is 0 Å². The number of nitrogens with zero attached hydrogens (tertiary/aromatic N) is 3. The van der Waals surface area contributed by atoms with E-state index < -0.39 is 0 Å². The first-order valence-corrected chi connectivity index (χ1v) is 9.50. The lowest BCUT2D eigenvalue weighted by Crippen LogP contribution is -2.35. The maximum atomic E-state index is 6.54. The van der Waals surface area contributed by atoms with E-state index in [1.54, 1.807) is 14.2 Å². The number of fused-ring (bicyclic) bond motifs is 2. The van der Waals surface area contributed by atoms with Gasteiger partial charge in [-0.3, -0.25) is 10.4 Å². The number of methoxy groups -OCH3 is 2. The van der Waals surface area contributed by atoms with E-state index in [1.807, 2.05) is 54.4 Å². The molecule has 6 nitrogen and oxygen atoms in total. The van der Waals surface area contributed by atoms with Gasteiger partial charge in [0.15, 0.2) is 17.3 Å². The summed E-state index contributed by atoms with van der Waals surface area (Å²) in [6.07, 6.45) is 1.81. The zero-order valence-electron chi connectivity index (χ0n) is 16.5. The lowest BCUT2D eigenvalue weighted by molar-refractivity contribution is 0.355. The minimum Gasteiger partial charge on any atom is -0.493 e. The number of aliphatic imine (C=N–C) groups is 2. The standard InChI is InChI=1S/C22H21ClN4O2/c1-5-10-27-22-20(13(2)26-27)25-21(14-8-6-7-9-16(14)23)15-11-18(28-3)19(29-4)12-17(15)24-22/h5-9,11-12,26H,1,10H2,2-4H3. The molecule has 0 aromatic heterocycles. The highest BCUT2D eigenvalue weighted by molar-refractivity contribution is 6.36. The smallest absolute Gasteiger partial charge is 0.176 e. The van der Waals surface area contributed by atoms with E-state index in [-0.39, 0.29) is 0 Å². The van der Waals surface area contributed by atoms with Gasteiger partial charge in [-0.05, 0) is 19.1 Å². The summed E-state index contributed by atoms with van der Waals surface area (Å²) in [6.45, 7) is 6.39. The third kappa shape index (κ3) is 3.25. The quantitative estimate of drug-likeness (QED) is 0.741. The molecule has 2 aromatic carbocycles. The van der Waals surface area contributed by atoms with Crippen molar-refractivity contribution >= 4 is 28.8 Å². The van der Waals surface area contributed by atoms with Crippen molar-refractivity contribution in [2.45, 2.75) is 6.92 Å². The van der Waals surface area contributed by atoms with Crippen molar-refractivity contribution in [3.05, 3.63) is 76.6 Å². The van der Waals surface area contributed by atoms with Crippen LogP contribution in [0, 0.1) is 0 Å². The Bertz CT molecular complexity index is 1090. The maximum absolute atomic E-state index is 6.54. The number of nitrogens with one attached hydrogen (secondary N) is 1. The Labute approximate surface area is 174 Å². The second-order valence-corrected chi connectivity index (χ2v) is 6.99. The summed E-state index contributed by atoms with van der Waals surface area (Å²) in [5, 5.41) is 2.53. The molecule has 0 fully saturated rings. The second kappa shape index (κ2) is 7.64. The highest BCUT2D eigenvalue weighted by atomic mass is 35.5. The minimum absolute atomic E-state index is 0.583. The van der Waals surface area contributed by atoms with Crippen LogP contribution >= 0.6 is 11.6 Å². The fourth-order valence-corrected chi connectivity index (χ4v) is 3.63. The van der Waals surface area contributed by atoms with E-state index in [2.05, 4.69) is 12.0 Å². The van der Waals surface area contributed by atoms with Crippen LogP contribution in [0.25, 0.3) is 0 Å². The Hall–Kier alpha value is -3.25. The van der Waals surface area contributed by atoms with E-state index >= 15 is 0 Å². The van der Waals surface area contributed by atoms with Crippen molar-refractivity contribution in [1.82, 2.24) is 10.4 Å². The van der Waals surface area contributed by atoms with E-state index in [0.717, 1.165) is 39.8 Å². The molecule has 0 atom stereocenters. The third-order valence-corrected chi connectivity index (χ3v) is 5.10. The van der Waals surface area contributed by atoms with Gasteiger partial charge in [0.25, 0.3) is 0 Å². The molecule has 2 aliphatic rings. The van der Waals surface area contributed by atoms with Crippen LogP contribution in [0.2, 0.25) is 5.02 Å². The van der Waals surface area contributed by atoms with E-state index in [0.29, 0.717) is 23.1 Å². The van der Waals surface area contributed by atoms with Gasteiger partial charge in [-0.25, -0.2) is 9.98 Å². The maximum Gasteiger partial charge on any atom is 0.176 e. The summed E-state index contributed by atoms with van der Waals surface area (Å²) >= 11 is 6.54. The summed E-state index contributed by atoms with van der Waals surface area (Å²) in [4.78, 5) is 9.92. The summed E-state index contributed by atoms with van der Waals surface area (Å²) in [6, 6.07) is 11.4. The Morgan fingerprint density at radius 2 is 1.83 bits per heavy atom. The number of ether oxygens (including phenoxy) is 2. The van der Waals surface area contributed by atoms with Crippen molar-refractivity contribution < 1.29 is 9.47 Å². The number of hydrazine groups is 1. The molecular weight excluding hydrogens is 388 g/mol. The average molecular weight is 409 g/mol. The van der Waals surface area contributed by atoms with Crippen molar-refractivity contribution in [3.63, 3.8) is 0 Å². The molecule has 2 heterocycles. The van der Waals surface area contributed by atoms with Gasteiger partial charge < -0.3 is 9.47 Å². The monoisotopic (exact) mass is 408 g/mol.